The minimum Gasteiger partial charge on any atom is -0.443 e. The van der Waals surface area contributed by atoms with Gasteiger partial charge in [0.15, 0.2) is 0 Å². The molecule has 3 rings (SSSR count). The van der Waals surface area contributed by atoms with Crippen molar-refractivity contribution in [1.29, 1.82) is 0 Å². The number of hydrogen-bond acceptors (Lipinski definition) is 3. The van der Waals surface area contributed by atoms with Crippen molar-refractivity contribution in [3.8, 4) is 0 Å². The Kier molecular flexibility index (Phi) is 5.48. The molecular weight excluding hydrogens is 355 g/mol. The van der Waals surface area contributed by atoms with Crippen LogP contribution in [0.4, 0.5) is 14.9 Å². The highest BCUT2D eigenvalue weighted by atomic mass is 19.1. The normalized spacial score (nSPS) is 18.9. The average molecular weight is 384 g/mol. The first kappa shape index (κ1) is 20.3. The zero-order chi connectivity index (χ0) is 20.5. The predicted octanol–water partition coefficient (Wildman–Crippen LogP) is 4.78. The van der Waals surface area contributed by atoms with Crippen molar-refractivity contribution in [3.05, 3.63) is 65.0 Å². The minimum atomic E-state index is -0.560. The highest BCUT2D eigenvalue weighted by Crippen LogP contribution is 2.43. The number of halogens is 1. The summed E-state index contributed by atoms with van der Waals surface area (Å²) in [7, 11) is 0. The van der Waals surface area contributed by atoms with Gasteiger partial charge in [-0.1, -0.05) is 31.2 Å². The van der Waals surface area contributed by atoms with E-state index in [0.717, 1.165) is 28.8 Å². The Balaban J connectivity index is 1.94. The number of nitrogens with zero attached hydrogens (tertiary/aromatic N) is 1. The van der Waals surface area contributed by atoms with Crippen molar-refractivity contribution in [1.82, 2.24) is 0 Å². The molecule has 1 amide bonds. The zero-order valence-electron chi connectivity index (χ0n) is 17.1. The van der Waals surface area contributed by atoms with E-state index in [1.54, 1.807) is 17.0 Å². The summed E-state index contributed by atoms with van der Waals surface area (Å²) in [5.41, 5.74) is 9.18. The number of hydrogen-bond donors (Lipinski definition) is 1. The monoisotopic (exact) mass is 384 g/mol. The SMILES string of the molecule is CC(C)(C)OC(=O)N1CC(C)(CCN)c2ccc(Cc3ccc(F)cc3)cc21. The van der Waals surface area contributed by atoms with Gasteiger partial charge in [-0.3, -0.25) is 4.90 Å². The third-order valence-corrected chi connectivity index (χ3v) is 5.14. The van der Waals surface area contributed by atoms with Gasteiger partial charge in [-0.05, 0) is 75.0 Å². The van der Waals surface area contributed by atoms with E-state index in [1.807, 2.05) is 26.8 Å². The molecule has 0 aromatic heterocycles. The standard InChI is InChI=1S/C23H29FN2O2/c1-22(2,3)28-21(27)26-15-23(4,11-12-25)19-10-7-17(14-20(19)26)13-16-5-8-18(24)9-6-16/h5-10,14H,11-13,15,25H2,1-4H3. The molecule has 5 heteroatoms. The molecule has 0 aliphatic carbocycles. The van der Waals surface area contributed by atoms with E-state index >= 15 is 0 Å². The number of ether oxygens (including phenoxy) is 1. The highest BCUT2D eigenvalue weighted by Gasteiger charge is 2.42. The lowest BCUT2D eigenvalue weighted by Gasteiger charge is -2.27. The smallest absolute Gasteiger partial charge is 0.414 e. The van der Waals surface area contributed by atoms with Crippen LogP contribution in [-0.2, 0) is 16.6 Å². The Labute approximate surface area is 166 Å². The number of amides is 1. The summed E-state index contributed by atoms with van der Waals surface area (Å²) < 4.78 is 18.8. The topological polar surface area (TPSA) is 55.6 Å². The lowest BCUT2D eigenvalue weighted by Crippen LogP contribution is -2.39. The second kappa shape index (κ2) is 7.55. The van der Waals surface area contributed by atoms with Crippen molar-refractivity contribution < 1.29 is 13.9 Å². The molecule has 1 atom stereocenters. The minimum absolute atomic E-state index is 0.199. The van der Waals surface area contributed by atoms with Gasteiger partial charge >= 0.3 is 6.09 Å². The van der Waals surface area contributed by atoms with Gasteiger partial charge in [-0.15, -0.1) is 0 Å². The van der Waals surface area contributed by atoms with Gasteiger partial charge in [-0.2, -0.15) is 0 Å². The van der Waals surface area contributed by atoms with Gasteiger partial charge in [0.25, 0.3) is 0 Å². The summed E-state index contributed by atoms with van der Waals surface area (Å²) in [5, 5.41) is 0. The molecule has 0 bridgehead atoms. The molecular formula is C23H29FN2O2. The first-order valence-electron chi connectivity index (χ1n) is 9.70. The maximum Gasteiger partial charge on any atom is 0.414 e. The molecule has 0 radical (unpaired) electrons. The molecule has 1 heterocycles. The molecule has 28 heavy (non-hydrogen) atoms. The predicted molar refractivity (Wildman–Crippen MR) is 110 cm³/mol. The molecule has 1 aliphatic heterocycles. The van der Waals surface area contributed by atoms with E-state index in [1.165, 1.54) is 12.1 Å². The first-order chi connectivity index (χ1) is 13.1. The van der Waals surface area contributed by atoms with Crippen molar-refractivity contribution in [2.45, 2.75) is 51.6 Å². The Morgan fingerprint density at radius 1 is 1.18 bits per heavy atom. The largest absolute Gasteiger partial charge is 0.443 e. The molecule has 2 aromatic carbocycles. The fourth-order valence-corrected chi connectivity index (χ4v) is 3.79. The van der Waals surface area contributed by atoms with Crippen LogP contribution in [0, 0.1) is 5.82 Å². The van der Waals surface area contributed by atoms with Gasteiger partial charge in [0, 0.05) is 12.0 Å². The van der Waals surface area contributed by atoms with Crippen LogP contribution < -0.4 is 10.6 Å². The van der Waals surface area contributed by atoms with Crippen molar-refractivity contribution in [2.75, 3.05) is 18.0 Å². The van der Waals surface area contributed by atoms with Crippen molar-refractivity contribution in [3.63, 3.8) is 0 Å². The number of benzene rings is 2. The van der Waals surface area contributed by atoms with E-state index in [2.05, 4.69) is 19.1 Å². The molecule has 0 fully saturated rings. The Morgan fingerprint density at radius 3 is 2.43 bits per heavy atom. The fraction of sp³-hybridized carbons (Fsp3) is 0.435. The molecule has 0 saturated heterocycles. The summed E-state index contributed by atoms with van der Waals surface area (Å²) in [5.74, 6) is -0.244. The number of anilines is 1. The first-order valence-corrected chi connectivity index (χ1v) is 9.70. The zero-order valence-corrected chi connectivity index (χ0v) is 17.1. The molecule has 150 valence electrons. The van der Waals surface area contributed by atoms with E-state index in [9.17, 15) is 9.18 Å². The fourth-order valence-electron chi connectivity index (χ4n) is 3.79. The summed E-state index contributed by atoms with van der Waals surface area (Å²) in [6.45, 7) is 8.84. The number of rotatable bonds is 4. The number of fused-ring (bicyclic) bond motifs is 1. The summed E-state index contributed by atoms with van der Waals surface area (Å²) in [6.07, 6.45) is 1.12. The average Bonchev–Trinajstić information content (AvgIpc) is 2.89. The van der Waals surface area contributed by atoms with E-state index in [4.69, 9.17) is 10.5 Å². The maximum absolute atomic E-state index is 13.2. The lowest BCUT2D eigenvalue weighted by atomic mass is 9.81. The Bertz CT molecular complexity index is 858. The Hall–Kier alpha value is -2.40. The van der Waals surface area contributed by atoms with E-state index in [-0.39, 0.29) is 17.3 Å². The van der Waals surface area contributed by atoms with Crippen LogP contribution in [0.2, 0.25) is 0 Å². The lowest BCUT2D eigenvalue weighted by molar-refractivity contribution is 0.0578. The second-order valence-corrected chi connectivity index (χ2v) is 8.82. The highest BCUT2D eigenvalue weighted by molar-refractivity contribution is 5.92. The van der Waals surface area contributed by atoms with Gasteiger partial charge in [0.05, 0.1) is 5.69 Å². The van der Waals surface area contributed by atoms with Crippen LogP contribution in [0.15, 0.2) is 42.5 Å². The van der Waals surface area contributed by atoms with Crippen LogP contribution in [0.5, 0.6) is 0 Å². The summed E-state index contributed by atoms with van der Waals surface area (Å²) in [6, 6.07) is 12.7. The molecule has 2 N–H and O–H groups in total. The van der Waals surface area contributed by atoms with Gasteiger partial charge in [0.1, 0.15) is 11.4 Å². The summed E-state index contributed by atoms with van der Waals surface area (Å²) in [4.78, 5) is 14.6. The van der Waals surface area contributed by atoms with Crippen LogP contribution in [0.1, 0.15) is 50.8 Å². The molecule has 2 aromatic rings. The molecule has 0 spiro atoms. The van der Waals surface area contributed by atoms with Crippen LogP contribution in [0.25, 0.3) is 0 Å². The van der Waals surface area contributed by atoms with Crippen LogP contribution in [-0.4, -0.2) is 24.8 Å². The second-order valence-electron chi connectivity index (χ2n) is 8.82. The molecule has 4 nitrogen and oxygen atoms in total. The molecule has 0 saturated carbocycles. The quantitative estimate of drug-likeness (QED) is 0.825. The van der Waals surface area contributed by atoms with Crippen molar-refractivity contribution >= 4 is 11.8 Å². The van der Waals surface area contributed by atoms with Gasteiger partial charge in [0.2, 0.25) is 0 Å². The number of nitrogens with two attached hydrogens (primary N) is 1. The Morgan fingerprint density at radius 2 is 1.82 bits per heavy atom. The third-order valence-electron chi connectivity index (χ3n) is 5.14. The molecule has 1 aliphatic rings. The van der Waals surface area contributed by atoms with Gasteiger partial charge in [-0.25, -0.2) is 9.18 Å². The number of carbonyl (C=O) groups excluding carboxylic acids is 1. The van der Waals surface area contributed by atoms with Gasteiger partial charge < -0.3 is 10.5 Å². The van der Waals surface area contributed by atoms with E-state index in [0.29, 0.717) is 19.5 Å². The number of carbonyl (C=O) groups is 1. The van der Waals surface area contributed by atoms with Crippen LogP contribution in [0.3, 0.4) is 0 Å². The van der Waals surface area contributed by atoms with E-state index < -0.39 is 5.60 Å². The van der Waals surface area contributed by atoms with Crippen LogP contribution >= 0.6 is 0 Å². The maximum atomic E-state index is 13.2. The summed E-state index contributed by atoms with van der Waals surface area (Å²) >= 11 is 0. The third kappa shape index (κ3) is 4.36. The molecule has 1 unspecified atom stereocenters. The van der Waals surface area contributed by atoms with Crippen molar-refractivity contribution in [2.24, 2.45) is 5.73 Å².